The van der Waals surface area contributed by atoms with E-state index >= 15 is 0 Å². The smallest absolute Gasteiger partial charge is 0.311 e. The predicted octanol–water partition coefficient (Wildman–Crippen LogP) is 3.34. The Morgan fingerprint density at radius 1 is 1.28 bits per heavy atom. The highest BCUT2D eigenvalue weighted by atomic mass is 19.1. The van der Waals surface area contributed by atoms with Crippen molar-refractivity contribution in [3.63, 3.8) is 0 Å². The van der Waals surface area contributed by atoms with Gasteiger partial charge in [-0.3, -0.25) is 15.0 Å². The molecule has 0 radical (unpaired) electrons. The Hall–Kier alpha value is -2.51. The summed E-state index contributed by atoms with van der Waals surface area (Å²) in [6.07, 6.45) is 0.935. The molecule has 1 unspecified atom stereocenters. The van der Waals surface area contributed by atoms with E-state index < -0.39 is 10.7 Å². The number of aliphatic hydroxyl groups excluding tert-OH is 1. The molecule has 0 amide bonds. The largest absolute Gasteiger partial charge is 0.450 e. The third-order valence-electron chi connectivity index (χ3n) is 4.30. The van der Waals surface area contributed by atoms with Crippen molar-refractivity contribution in [3.8, 4) is 11.5 Å². The lowest BCUT2D eigenvalue weighted by Crippen LogP contribution is -2.21. The summed E-state index contributed by atoms with van der Waals surface area (Å²) in [6, 6.07) is 10.2. The summed E-state index contributed by atoms with van der Waals surface area (Å²) in [5.41, 5.74) is 0.691. The van der Waals surface area contributed by atoms with Crippen molar-refractivity contribution in [3.05, 3.63) is 64.0 Å². The van der Waals surface area contributed by atoms with E-state index in [4.69, 9.17) is 4.74 Å². The minimum absolute atomic E-state index is 0.120. The Morgan fingerprint density at radius 2 is 2.04 bits per heavy atom. The maximum atomic E-state index is 12.9. The molecule has 3 rings (SSSR count). The number of aliphatic hydroxyl groups is 1. The average molecular weight is 346 g/mol. The van der Waals surface area contributed by atoms with Crippen molar-refractivity contribution < 1.29 is 19.2 Å². The number of nitrogens with zero attached hydrogens (tertiary/aromatic N) is 2. The van der Waals surface area contributed by atoms with Gasteiger partial charge in [0, 0.05) is 25.8 Å². The molecule has 132 valence electrons. The maximum Gasteiger partial charge on any atom is 0.311 e. The summed E-state index contributed by atoms with van der Waals surface area (Å²) < 4.78 is 18.5. The first kappa shape index (κ1) is 17.3. The van der Waals surface area contributed by atoms with E-state index in [1.807, 2.05) is 0 Å². The standard InChI is InChI=1S/C18H19FN2O4/c19-15-2-4-16(5-3-15)25-18-6-1-13(9-17(18)21(23)24)10-20-8-7-14(11-20)12-22/h1-6,9,14,22H,7-8,10-12H2. The number of benzene rings is 2. The molecule has 0 aliphatic carbocycles. The molecule has 0 spiro atoms. The molecule has 1 aliphatic rings. The van der Waals surface area contributed by atoms with Crippen LogP contribution in [0.2, 0.25) is 0 Å². The SMILES string of the molecule is O=[N+]([O-])c1cc(CN2CCC(CO)C2)ccc1Oc1ccc(F)cc1. The Labute approximate surface area is 144 Å². The van der Waals surface area contributed by atoms with Gasteiger partial charge in [-0.25, -0.2) is 4.39 Å². The summed E-state index contributed by atoms with van der Waals surface area (Å²) in [5, 5.41) is 20.6. The van der Waals surface area contributed by atoms with Gasteiger partial charge in [-0.1, -0.05) is 6.07 Å². The first-order valence-electron chi connectivity index (χ1n) is 8.09. The normalized spacial score (nSPS) is 17.6. The number of hydrogen-bond donors (Lipinski definition) is 1. The van der Waals surface area contributed by atoms with Crippen LogP contribution in [0.3, 0.4) is 0 Å². The van der Waals surface area contributed by atoms with E-state index in [1.165, 1.54) is 30.3 Å². The summed E-state index contributed by atoms with van der Waals surface area (Å²) in [6.45, 7) is 2.42. The average Bonchev–Trinajstić information content (AvgIpc) is 3.05. The second-order valence-corrected chi connectivity index (χ2v) is 6.19. The molecule has 1 atom stereocenters. The van der Waals surface area contributed by atoms with E-state index in [9.17, 15) is 19.6 Å². The zero-order valence-electron chi connectivity index (χ0n) is 13.6. The monoisotopic (exact) mass is 346 g/mol. The lowest BCUT2D eigenvalue weighted by atomic mass is 10.1. The Morgan fingerprint density at radius 3 is 2.68 bits per heavy atom. The summed E-state index contributed by atoms with van der Waals surface area (Å²) in [7, 11) is 0. The van der Waals surface area contributed by atoms with Gasteiger partial charge in [0.2, 0.25) is 5.75 Å². The molecule has 25 heavy (non-hydrogen) atoms. The number of nitro benzene ring substituents is 1. The third-order valence-corrected chi connectivity index (χ3v) is 4.30. The van der Waals surface area contributed by atoms with E-state index in [0.29, 0.717) is 12.3 Å². The molecule has 7 heteroatoms. The predicted molar refractivity (Wildman–Crippen MR) is 90.0 cm³/mol. The van der Waals surface area contributed by atoms with Gasteiger partial charge in [-0.05, 0) is 54.8 Å². The molecule has 1 fully saturated rings. The first-order chi connectivity index (χ1) is 12.0. The number of ether oxygens (including phenoxy) is 1. The number of rotatable bonds is 6. The fourth-order valence-electron chi connectivity index (χ4n) is 2.98. The molecule has 0 saturated carbocycles. The van der Waals surface area contributed by atoms with Gasteiger partial charge in [0.25, 0.3) is 0 Å². The molecule has 0 aromatic heterocycles. The van der Waals surface area contributed by atoms with Crippen molar-refractivity contribution >= 4 is 5.69 Å². The maximum absolute atomic E-state index is 12.9. The zero-order chi connectivity index (χ0) is 17.8. The van der Waals surface area contributed by atoms with Gasteiger partial charge in [0.15, 0.2) is 0 Å². The molecular weight excluding hydrogens is 327 g/mol. The van der Waals surface area contributed by atoms with Gasteiger partial charge in [-0.2, -0.15) is 0 Å². The van der Waals surface area contributed by atoms with Crippen LogP contribution < -0.4 is 4.74 Å². The minimum Gasteiger partial charge on any atom is -0.450 e. The van der Waals surface area contributed by atoms with Crippen molar-refractivity contribution in [2.45, 2.75) is 13.0 Å². The molecule has 0 bridgehead atoms. The minimum atomic E-state index is -0.483. The summed E-state index contributed by atoms with van der Waals surface area (Å²) in [4.78, 5) is 13.1. The van der Waals surface area contributed by atoms with Gasteiger partial charge >= 0.3 is 5.69 Å². The fourth-order valence-corrected chi connectivity index (χ4v) is 2.98. The van der Waals surface area contributed by atoms with Crippen LogP contribution in [0.25, 0.3) is 0 Å². The molecular formula is C18H19FN2O4. The van der Waals surface area contributed by atoms with Gasteiger partial charge in [-0.15, -0.1) is 0 Å². The van der Waals surface area contributed by atoms with Crippen LogP contribution >= 0.6 is 0 Å². The molecule has 1 heterocycles. The first-order valence-corrected chi connectivity index (χ1v) is 8.09. The van der Waals surface area contributed by atoms with E-state index in [0.717, 1.165) is 25.1 Å². The van der Waals surface area contributed by atoms with Crippen molar-refractivity contribution in [1.82, 2.24) is 4.90 Å². The van der Waals surface area contributed by atoms with Crippen molar-refractivity contribution in [1.29, 1.82) is 0 Å². The Bertz CT molecular complexity index is 751. The lowest BCUT2D eigenvalue weighted by molar-refractivity contribution is -0.385. The topological polar surface area (TPSA) is 75.8 Å². The number of nitro groups is 1. The molecule has 2 aromatic carbocycles. The number of likely N-dealkylation sites (tertiary alicyclic amines) is 1. The molecule has 2 aromatic rings. The molecule has 1 saturated heterocycles. The second-order valence-electron chi connectivity index (χ2n) is 6.19. The second kappa shape index (κ2) is 7.58. The third kappa shape index (κ3) is 4.32. The highest BCUT2D eigenvalue weighted by Crippen LogP contribution is 2.33. The lowest BCUT2D eigenvalue weighted by Gasteiger charge is -2.16. The van der Waals surface area contributed by atoms with Gasteiger partial charge in [0.1, 0.15) is 11.6 Å². The Kier molecular flexibility index (Phi) is 5.25. The van der Waals surface area contributed by atoms with Gasteiger partial charge < -0.3 is 9.84 Å². The number of halogens is 1. The number of hydrogen-bond acceptors (Lipinski definition) is 5. The highest BCUT2D eigenvalue weighted by Gasteiger charge is 2.23. The van der Waals surface area contributed by atoms with Crippen LogP contribution in [0.5, 0.6) is 11.5 Å². The van der Waals surface area contributed by atoms with E-state index in [2.05, 4.69) is 4.90 Å². The highest BCUT2D eigenvalue weighted by molar-refractivity contribution is 5.50. The van der Waals surface area contributed by atoms with Crippen LogP contribution in [0.15, 0.2) is 42.5 Å². The van der Waals surface area contributed by atoms with Crippen LogP contribution in [0.4, 0.5) is 10.1 Å². The van der Waals surface area contributed by atoms with E-state index in [1.54, 1.807) is 12.1 Å². The zero-order valence-corrected chi connectivity index (χ0v) is 13.6. The molecule has 6 nitrogen and oxygen atoms in total. The van der Waals surface area contributed by atoms with Gasteiger partial charge in [0.05, 0.1) is 4.92 Å². The molecule has 1 aliphatic heterocycles. The van der Waals surface area contributed by atoms with E-state index in [-0.39, 0.29) is 24.0 Å². The summed E-state index contributed by atoms with van der Waals surface area (Å²) >= 11 is 0. The van der Waals surface area contributed by atoms with Crippen molar-refractivity contribution in [2.75, 3.05) is 19.7 Å². The van der Waals surface area contributed by atoms with Crippen molar-refractivity contribution in [2.24, 2.45) is 5.92 Å². The molecule has 1 N–H and O–H groups in total. The summed E-state index contributed by atoms with van der Waals surface area (Å²) in [5.74, 6) is 0.331. The van der Waals surface area contributed by atoms with Crippen LogP contribution in [0, 0.1) is 21.8 Å². The fraction of sp³-hybridized carbons (Fsp3) is 0.333. The Balaban J connectivity index is 1.76. The quantitative estimate of drug-likeness (QED) is 0.641. The van der Waals surface area contributed by atoms with Crippen LogP contribution in [0.1, 0.15) is 12.0 Å². The van der Waals surface area contributed by atoms with Crippen LogP contribution in [-0.4, -0.2) is 34.6 Å². The van der Waals surface area contributed by atoms with Crippen LogP contribution in [-0.2, 0) is 6.54 Å².